The van der Waals surface area contributed by atoms with E-state index in [0.717, 1.165) is 5.56 Å². The Morgan fingerprint density at radius 2 is 1.77 bits per heavy atom. The summed E-state index contributed by atoms with van der Waals surface area (Å²) in [6.07, 6.45) is 0. The highest BCUT2D eigenvalue weighted by atomic mass is 16.4. The molecular weight excluding hydrogens is 332 g/mol. The maximum Gasteiger partial charge on any atom is 0.336 e. The van der Waals surface area contributed by atoms with E-state index in [-0.39, 0.29) is 16.7 Å². The first-order valence-electron chi connectivity index (χ1n) is 7.98. The minimum Gasteiger partial charge on any atom is -0.508 e. The van der Waals surface area contributed by atoms with Crippen LogP contribution in [0.3, 0.4) is 0 Å². The average molecular weight is 346 g/mol. The Bertz CT molecular complexity index is 1200. The summed E-state index contributed by atoms with van der Waals surface area (Å²) in [5, 5.41) is 20.1. The predicted molar refractivity (Wildman–Crippen MR) is 97.9 cm³/mol. The zero-order chi connectivity index (χ0) is 18.4. The number of carbonyl (C=O) groups is 1. The van der Waals surface area contributed by atoms with Crippen molar-refractivity contribution in [1.82, 2.24) is 0 Å². The standard InChI is InChI=1S/C21H14O5/c1-11-2-5-14(21(24)25)17(8-11)20-15-6-3-12(22)9-18(15)26-19-10-13(23)4-7-16(19)20/h2-10,22H,1H3,(H,24,25). The highest BCUT2D eigenvalue weighted by molar-refractivity contribution is 6.07. The van der Waals surface area contributed by atoms with Crippen molar-refractivity contribution >= 4 is 16.9 Å². The number of rotatable bonds is 2. The van der Waals surface area contributed by atoms with Crippen molar-refractivity contribution in [2.75, 3.05) is 0 Å². The molecule has 0 radical (unpaired) electrons. The fourth-order valence-electron chi connectivity index (χ4n) is 3.20. The van der Waals surface area contributed by atoms with Gasteiger partial charge in [0.15, 0.2) is 5.43 Å². The fourth-order valence-corrected chi connectivity index (χ4v) is 3.20. The third kappa shape index (κ3) is 2.50. The van der Waals surface area contributed by atoms with E-state index in [2.05, 4.69) is 0 Å². The van der Waals surface area contributed by atoms with Crippen LogP contribution in [0.1, 0.15) is 15.9 Å². The van der Waals surface area contributed by atoms with Gasteiger partial charge in [-0.3, -0.25) is 4.79 Å². The third-order valence-electron chi connectivity index (χ3n) is 4.35. The lowest BCUT2D eigenvalue weighted by Gasteiger charge is -2.17. The summed E-state index contributed by atoms with van der Waals surface area (Å²) in [6.45, 7) is 1.88. The number of phenols is 1. The smallest absolute Gasteiger partial charge is 0.336 e. The molecule has 2 aliphatic rings. The second kappa shape index (κ2) is 5.74. The summed E-state index contributed by atoms with van der Waals surface area (Å²) >= 11 is 0. The second-order valence-corrected chi connectivity index (χ2v) is 6.17. The summed E-state index contributed by atoms with van der Waals surface area (Å²) in [5.74, 6) is -0.683. The monoisotopic (exact) mass is 346 g/mol. The van der Waals surface area contributed by atoms with Gasteiger partial charge in [0.1, 0.15) is 17.1 Å². The number of hydrogen-bond acceptors (Lipinski definition) is 4. The van der Waals surface area contributed by atoms with Crippen molar-refractivity contribution in [3.63, 3.8) is 0 Å². The van der Waals surface area contributed by atoms with Crippen LogP contribution < -0.4 is 5.43 Å². The van der Waals surface area contributed by atoms with Crippen LogP contribution in [0.25, 0.3) is 33.4 Å². The van der Waals surface area contributed by atoms with Crippen molar-refractivity contribution in [2.24, 2.45) is 0 Å². The molecule has 2 aromatic rings. The van der Waals surface area contributed by atoms with Crippen LogP contribution in [-0.2, 0) is 0 Å². The molecular formula is C21H14O5. The van der Waals surface area contributed by atoms with E-state index in [1.807, 2.05) is 6.92 Å². The lowest BCUT2D eigenvalue weighted by molar-refractivity contribution is 0.0697. The summed E-state index contributed by atoms with van der Waals surface area (Å²) in [6, 6.07) is 14.2. The van der Waals surface area contributed by atoms with Crippen LogP contribution in [0.15, 0.2) is 63.8 Å². The number of benzene rings is 3. The van der Waals surface area contributed by atoms with Gasteiger partial charge in [0.05, 0.1) is 5.56 Å². The molecule has 1 aliphatic heterocycles. The molecule has 0 aromatic heterocycles. The summed E-state index contributed by atoms with van der Waals surface area (Å²) in [7, 11) is 0. The molecule has 2 N–H and O–H groups in total. The minimum absolute atomic E-state index is 0.0209. The molecule has 5 nitrogen and oxygen atoms in total. The van der Waals surface area contributed by atoms with Crippen molar-refractivity contribution < 1.29 is 19.4 Å². The molecule has 128 valence electrons. The predicted octanol–water partition coefficient (Wildman–Crippen LogP) is 4.28. The van der Waals surface area contributed by atoms with Crippen molar-refractivity contribution in [3.05, 3.63) is 75.9 Å². The van der Waals surface area contributed by atoms with E-state index in [4.69, 9.17) is 4.42 Å². The van der Waals surface area contributed by atoms with Gasteiger partial charge in [0.25, 0.3) is 0 Å². The van der Waals surface area contributed by atoms with Crippen LogP contribution in [-0.4, -0.2) is 16.2 Å². The largest absolute Gasteiger partial charge is 0.508 e. The third-order valence-corrected chi connectivity index (χ3v) is 4.35. The van der Waals surface area contributed by atoms with Gasteiger partial charge in [-0.25, -0.2) is 4.79 Å². The molecule has 1 heterocycles. The van der Waals surface area contributed by atoms with Gasteiger partial charge < -0.3 is 14.6 Å². The zero-order valence-electron chi connectivity index (χ0n) is 13.8. The maximum absolute atomic E-state index is 11.8. The van der Waals surface area contributed by atoms with Crippen molar-refractivity contribution in [1.29, 1.82) is 0 Å². The summed E-state index contributed by atoms with van der Waals surface area (Å²) in [4.78, 5) is 23.5. The molecule has 0 saturated carbocycles. The normalized spacial score (nSPS) is 11.1. The molecule has 4 rings (SSSR count). The highest BCUT2D eigenvalue weighted by Crippen LogP contribution is 2.42. The van der Waals surface area contributed by atoms with Gasteiger partial charge in [0, 0.05) is 28.6 Å². The van der Waals surface area contributed by atoms with E-state index in [9.17, 15) is 19.8 Å². The van der Waals surface area contributed by atoms with Crippen LogP contribution in [0, 0.1) is 6.92 Å². The number of fused-ring (bicyclic) bond motifs is 2. The molecule has 0 spiro atoms. The average Bonchev–Trinajstić information content (AvgIpc) is 2.59. The summed E-state index contributed by atoms with van der Waals surface area (Å²) in [5.41, 5.74) is 3.05. The Kier molecular flexibility index (Phi) is 3.51. The van der Waals surface area contributed by atoms with E-state index >= 15 is 0 Å². The quantitative estimate of drug-likeness (QED) is 0.529. The number of carboxylic acid groups (broad SMARTS) is 1. The molecule has 0 amide bonds. The Labute approximate surface area is 148 Å². The Morgan fingerprint density at radius 1 is 0.962 bits per heavy atom. The van der Waals surface area contributed by atoms with Crippen LogP contribution in [0.4, 0.5) is 0 Å². The molecule has 26 heavy (non-hydrogen) atoms. The van der Waals surface area contributed by atoms with Gasteiger partial charge in [0.2, 0.25) is 0 Å². The van der Waals surface area contributed by atoms with Gasteiger partial charge in [-0.1, -0.05) is 17.7 Å². The van der Waals surface area contributed by atoms with Crippen LogP contribution in [0.5, 0.6) is 5.75 Å². The number of phenolic OH excluding ortho intramolecular Hbond substituents is 1. The highest BCUT2D eigenvalue weighted by Gasteiger charge is 2.21. The molecule has 5 heteroatoms. The number of aromatic carboxylic acids is 1. The molecule has 0 saturated heterocycles. The lowest BCUT2D eigenvalue weighted by Crippen LogP contribution is -2.03. The van der Waals surface area contributed by atoms with Crippen molar-refractivity contribution in [3.8, 4) is 28.2 Å². The lowest BCUT2D eigenvalue weighted by atomic mass is 9.90. The summed E-state index contributed by atoms with van der Waals surface area (Å²) < 4.78 is 5.79. The zero-order valence-corrected chi connectivity index (χ0v) is 13.8. The van der Waals surface area contributed by atoms with E-state index in [1.54, 1.807) is 30.3 Å². The van der Waals surface area contributed by atoms with E-state index in [0.29, 0.717) is 33.4 Å². The number of aromatic hydroxyl groups is 1. The fraction of sp³-hybridized carbons (Fsp3) is 0.0476. The molecule has 1 aliphatic carbocycles. The Morgan fingerprint density at radius 3 is 2.54 bits per heavy atom. The minimum atomic E-state index is -1.04. The van der Waals surface area contributed by atoms with Gasteiger partial charge >= 0.3 is 5.97 Å². The van der Waals surface area contributed by atoms with Crippen LogP contribution in [0.2, 0.25) is 0 Å². The van der Waals surface area contributed by atoms with Gasteiger partial charge in [-0.2, -0.15) is 0 Å². The molecule has 0 bridgehead atoms. The second-order valence-electron chi connectivity index (χ2n) is 6.17. The Balaban J connectivity index is 2.23. The number of aryl methyl sites for hydroxylation is 1. The molecule has 0 fully saturated rings. The van der Waals surface area contributed by atoms with Gasteiger partial charge in [-0.15, -0.1) is 0 Å². The van der Waals surface area contributed by atoms with Crippen molar-refractivity contribution in [2.45, 2.75) is 6.92 Å². The topological polar surface area (TPSA) is 87.7 Å². The maximum atomic E-state index is 11.8. The first kappa shape index (κ1) is 15.9. The SMILES string of the molecule is Cc1ccc(C(=O)O)c(-c2c3ccc(=O)cc-3oc3cc(O)ccc23)c1. The number of hydrogen-bond donors (Lipinski definition) is 2. The first-order chi connectivity index (χ1) is 12.4. The molecule has 2 aromatic carbocycles. The Hall–Kier alpha value is -3.60. The van der Waals surface area contributed by atoms with Gasteiger partial charge in [-0.05, 0) is 42.8 Å². The molecule has 0 atom stereocenters. The van der Waals surface area contributed by atoms with E-state index < -0.39 is 5.97 Å². The molecule has 0 unspecified atom stereocenters. The van der Waals surface area contributed by atoms with E-state index in [1.165, 1.54) is 24.3 Å². The number of carboxylic acids is 1. The van der Waals surface area contributed by atoms with Crippen LogP contribution >= 0.6 is 0 Å². The first-order valence-corrected chi connectivity index (χ1v) is 7.98.